The summed E-state index contributed by atoms with van der Waals surface area (Å²) in [5.74, 6) is -6.83. The number of aliphatic carboxylic acids is 1. The van der Waals surface area contributed by atoms with Gasteiger partial charge in [-0.15, -0.1) is 0 Å². The van der Waals surface area contributed by atoms with Gasteiger partial charge >= 0.3 is 5.97 Å². The van der Waals surface area contributed by atoms with Gasteiger partial charge in [0.05, 0.1) is 38.5 Å². The van der Waals surface area contributed by atoms with Crippen LogP contribution in [0.15, 0.2) is 0 Å². The van der Waals surface area contributed by atoms with Crippen molar-refractivity contribution in [2.24, 2.45) is 0 Å². The van der Waals surface area contributed by atoms with Gasteiger partial charge in [0, 0.05) is 40.8 Å². The quantitative estimate of drug-likeness (QED) is 0.0282. The number of aliphatic hydroxyl groups is 12. The van der Waals surface area contributed by atoms with Crippen molar-refractivity contribution in [2.45, 2.75) is 231 Å². The van der Waals surface area contributed by atoms with Crippen LogP contribution in [0, 0.1) is 0 Å². The Hall–Kier alpha value is -4.80. The normalized spacial score (nSPS) is 42.5. The molecule has 0 aromatic carbocycles. The molecule has 38 heteroatoms. The second kappa shape index (κ2) is 32.7. The molecule has 6 heterocycles. The van der Waals surface area contributed by atoms with Crippen molar-refractivity contribution in [2.75, 3.05) is 40.0 Å². The number of carbonyl (C=O) groups is 8. The van der Waals surface area contributed by atoms with Crippen molar-refractivity contribution in [3.05, 3.63) is 0 Å². The molecule has 0 bridgehead atoms. The standard InChI is InChI=1S/C51H81N5O33/c1-15(61)8-7-9-52-44(74)41-38(78-6)29(68)32(71)49(87-41)83-36-25(56-19(5)64)48(81-22(14-60)27(36)66)86-40-31(70)34(73)51(89-43(40)46(76)77)84-37-24(55-18(4)63)47(80-21(13-59)28(37)67)85-39-30(69)33(72)50(88-42(39)45(75)53-10-11-57)82-35-23(54-17(3)62)16(2)79-20(12-58)26(35)65/h11,16,20-43,47-51,58-60,65-73H,7-10,12-14H2,1-6H3,(H,52,74)(H,53,75)(H,54,62)(H,55,63)(H,56,64)(H,76,77)/t16?,20?,21?,22?,23?,24?,25?,26-,27-,28-,29?,30?,31?,32+,33+,34+,35-,36-,37-,38+,39+,40+,41?,42?,43?,47?,48?,49-,50-,51-/m1/s1. The predicted octanol–water partition coefficient (Wildman–Crippen LogP) is -12.0. The highest BCUT2D eigenvalue weighted by Crippen LogP contribution is 2.38. The molecular formula is C51H81N5O33. The molecule has 6 saturated heterocycles. The Morgan fingerprint density at radius 1 is 0.449 bits per heavy atom. The molecule has 0 aromatic heterocycles. The third kappa shape index (κ3) is 17.3. The molecule has 6 fully saturated rings. The number of hydrogen-bond acceptors (Lipinski definition) is 32. The van der Waals surface area contributed by atoms with Crippen molar-refractivity contribution < 1.29 is 162 Å². The van der Waals surface area contributed by atoms with Crippen LogP contribution in [0.2, 0.25) is 0 Å². The molecule has 0 aliphatic carbocycles. The zero-order valence-corrected chi connectivity index (χ0v) is 48.8. The largest absolute Gasteiger partial charge is 0.479 e. The molecule has 5 amide bonds. The van der Waals surface area contributed by atoms with Gasteiger partial charge < -0.3 is 159 Å². The molecule has 0 saturated carbocycles. The van der Waals surface area contributed by atoms with E-state index in [-0.39, 0.29) is 31.5 Å². The summed E-state index contributed by atoms with van der Waals surface area (Å²) in [6.45, 7) is 2.08. The van der Waals surface area contributed by atoms with Gasteiger partial charge in [0.2, 0.25) is 17.7 Å². The van der Waals surface area contributed by atoms with E-state index in [2.05, 4.69) is 26.6 Å². The van der Waals surface area contributed by atoms with Crippen LogP contribution >= 0.6 is 0 Å². The zero-order valence-electron chi connectivity index (χ0n) is 48.8. The Kier molecular flexibility index (Phi) is 26.9. The first-order valence-corrected chi connectivity index (χ1v) is 28.2. The average Bonchev–Trinajstić information content (AvgIpc) is 0.967. The number of ether oxygens (including phenoxy) is 12. The molecule has 508 valence electrons. The highest BCUT2D eigenvalue weighted by atomic mass is 16.8. The van der Waals surface area contributed by atoms with Crippen molar-refractivity contribution in [1.29, 1.82) is 0 Å². The average molecular weight is 1290 g/mol. The minimum absolute atomic E-state index is 0.0447. The minimum Gasteiger partial charge on any atom is -0.479 e. The number of hydrogen-bond donors (Lipinski definition) is 18. The fourth-order valence-corrected chi connectivity index (χ4v) is 11.1. The third-order valence-electron chi connectivity index (χ3n) is 15.5. The number of carboxylic acids is 1. The first-order chi connectivity index (χ1) is 42.0. The number of Topliss-reactive ketones (excluding diaryl/α,β-unsaturated/α-hetero) is 1. The van der Waals surface area contributed by atoms with Crippen LogP contribution in [-0.4, -0.2) is 338 Å². The van der Waals surface area contributed by atoms with Crippen LogP contribution in [0.1, 0.15) is 47.5 Å². The van der Waals surface area contributed by atoms with Gasteiger partial charge in [-0.05, 0) is 20.3 Å². The molecule has 30 atom stereocenters. The van der Waals surface area contributed by atoms with E-state index in [1.807, 2.05) is 0 Å². The highest BCUT2D eigenvalue weighted by Gasteiger charge is 2.60. The monoisotopic (exact) mass is 1290 g/mol. The number of ketones is 1. The second-order valence-electron chi connectivity index (χ2n) is 21.9. The smallest absolute Gasteiger partial charge is 0.335 e. The maximum absolute atomic E-state index is 13.8. The first kappa shape index (κ1) is 73.3. The Balaban J connectivity index is 1.26. The van der Waals surface area contributed by atoms with Crippen LogP contribution < -0.4 is 26.6 Å². The molecule has 15 unspecified atom stereocenters. The van der Waals surface area contributed by atoms with Gasteiger partial charge in [0.1, 0.15) is 134 Å². The number of amides is 5. The lowest BCUT2D eigenvalue weighted by molar-refractivity contribution is -0.376. The molecule has 6 aliphatic heterocycles. The van der Waals surface area contributed by atoms with Gasteiger partial charge in [-0.1, -0.05) is 0 Å². The van der Waals surface area contributed by atoms with Gasteiger partial charge in [-0.25, -0.2) is 4.79 Å². The van der Waals surface area contributed by atoms with Crippen molar-refractivity contribution in [3.8, 4) is 0 Å². The van der Waals surface area contributed by atoms with Gasteiger partial charge in [0.25, 0.3) is 11.8 Å². The van der Waals surface area contributed by atoms with E-state index < -0.39 is 246 Å². The molecule has 6 rings (SSSR count). The van der Waals surface area contributed by atoms with Gasteiger partial charge in [0.15, 0.2) is 49.8 Å². The maximum Gasteiger partial charge on any atom is 0.335 e. The summed E-state index contributed by atoms with van der Waals surface area (Å²) in [7, 11) is 1.09. The summed E-state index contributed by atoms with van der Waals surface area (Å²) in [5, 5.41) is 157. The fourth-order valence-electron chi connectivity index (χ4n) is 11.1. The number of carboxylic acid groups (broad SMARTS) is 1. The SMILES string of the molecule is CO[C@@H]1C(C(=O)NCCCC(C)=O)O[C@@H](O[C@@H]2C(NC(C)=O)C(O[C@@H]3C(C(=O)O)O[C@@H](O[C@@H]4C(NC(C)=O)C(O[C@@H]5C(C(=O)NCC=O)O[C@@H](O[C@@H]6C(NC(C)=O)C(C)OC(CO)[C@H]6O)[C@@H](O)C5O)OC(CO)[C@H]4O)[C@@H](O)C3O)OC(CO)[C@H]2O)[C@@H](O)C1O. The number of rotatable bonds is 26. The Morgan fingerprint density at radius 3 is 1.20 bits per heavy atom. The summed E-state index contributed by atoms with van der Waals surface area (Å²) >= 11 is 0. The van der Waals surface area contributed by atoms with Crippen molar-refractivity contribution in [1.82, 2.24) is 26.6 Å². The van der Waals surface area contributed by atoms with E-state index in [1.165, 1.54) is 13.8 Å². The maximum atomic E-state index is 13.8. The van der Waals surface area contributed by atoms with Crippen LogP contribution in [0.5, 0.6) is 0 Å². The summed E-state index contributed by atoms with van der Waals surface area (Å²) < 4.78 is 69.5. The van der Waals surface area contributed by atoms with E-state index >= 15 is 0 Å². The number of carbonyl (C=O) groups excluding carboxylic acids is 7. The predicted molar refractivity (Wildman–Crippen MR) is 281 cm³/mol. The highest BCUT2D eigenvalue weighted by molar-refractivity contribution is 5.83. The number of aldehydes is 1. The van der Waals surface area contributed by atoms with E-state index in [9.17, 15) is 105 Å². The molecule has 0 aromatic rings. The van der Waals surface area contributed by atoms with Crippen LogP contribution in [0.25, 0.3) is 0 Å². The fraction of sp³-hybridized carbons (Fsp3) is 0.843. The van der Waals surface area contributed by atoms with Crippen LogP contribution in [0.4, 0.5) is 0 Å². The minimum atomic E-state index is -2.50. The topological polar surface area (TPSA) is 570 Å². The summed E-state index contributed by atoms with van der Waals surface area (Å²) in [5.41, 5.74) is 0. The van der Waals surface area contributed by atoms with Crippen molar-refractivity contribution in [3.63, 3.8) is 0 Å². The van der Waals surface area contributed by atoms with E-state index in [0.717, 1.165) is 27.9 Å². The van der Waals surface area contributed by atoms with E-state index in [4.69, 9.17) is 56.8 Å². The van der Waals surface area contributed by atoms with E-state index in [0.29, 0.717) is 0 Å². The summed E-state index contributed by atoms with van der Waals surface area (Å²) in [6.07, 6.45) is -54.1. The van der Waals surface area contributed by atoms with Crippen LogP contribution in [0.3, 0.4) is 0 Å². The summed E-state index contributed by atoms with van der Waals surface area (Å²) in [4.78, 5) is 101. The molecule has 0 spiro atoms. The molecule has 18 N–H and O–H groups in total. The lowest BCUT2D eigenvalue weighted by atomic mass is 9.92. The second-order valence-corrected chi connectivity index (χ2v) is 21.9. The molecular weight excluding hydrogens is 1210 g/mol. The zero-order chi connectivity index (χ0) is 66.0. The molecule has 6 aliphatic rings. The van der Waals surface area contributed by atoms with Crippen LogP contribution in [-0.2, 0) is 95.2 Å². The molecule has 38 nitrogen and oxygen atoms in total. The molecule has 0 radical (unpaired) electrons. The Labute approximate surface area is 506 Å². The number of methoxy groups -OCH3 is 1. The lowest BCUT2D eigenvalue weighted by Gasteiger charge is -2.51. The van der Waals surface area contributed by atoms with Gasteiger partial charge in [-0.3, -0.25) is 24.0 Å². The number of aliphatic hydroxyl groups excluding tert-OH is 12. The molecule has 89 heavy (non-hydrogen) atoms. The third-order valence-corrected chi connectivity index (χ3v) is 15.5. The Bertz CT molecular complexity index is 2400. The number of nitrogens with one attached hydrogen (secondary N) is 5. The lowest BCUT2D eigenvalue weighted by Crippen LogP contribution is -2.71. The van der Waals surface area contributed by atoms with Crippen molar-refractivity contribution >= 4 is 47.6 Å². The first-order valence-electron chi connectivity index (χ1n) is 28.2. The Morgan fingerprint density at radius 2 is 0.809 bits per heavy atom. The van der Waals surface area contributed by atoms with E-state index in [1.54, 1.807) is 0 Å². The summed E-state index contributed by atoms with van der Waals surface area (Å²) in [6, 6.07) is -5.07. The van der Waals surface area contributed by atoms with Gasteiger partial charge in [-0.2, -0.15) is 0 Å².